The highest BCUT2D eigenvalue weighted by molar-refractivity contribution is 5.91. The van der Waals surface area contributed by atoms with E-state index in [1.807, 2.05) is 38.1 Å². The molecule has 1 N–H and O–H groups in total. The predicted molar refractivity (Wildman–Crippen MR) is 72.3 cm³/mol. The van der Waals surface area contributed by atoms with Gasteiger partial charge in [-0.25, -0.2) is 0 Å². The van der Waals surface area contributed by atoms with E-state index in [2.05, 4.69) is 5.32 Å². The molecule has 0 saturated heterocycles. The van der Waals surface area contributed by atoms with Crippen LogP contribution in [0.2, 0.25) is 0 Å². The fraction of sp³-hybridized carbons (Fsp3) is 0.267. The second-order valence-electron chi connectivity index (χ2n) is 4.38. The third-order valence-electron chi connectivity index (χ3n) is 2.93. The zero-order valence-corrected chi connectivity index (χ0v) is 11.3. The van der Waals surface area contributed by atoms with Crippen molar-refractivity contribution >= 4 is 5.91 Å². The van der Waals surface area contributed by atoms with Crippen LogP contribution in [-0.4, -0.2) is 13.0 Å². The molecule has 0 aliphatic heterocycles. The van der Waals surface area contributed by atoms with Gasteiger partial charge in [-0.05, 0) is 43.7 Å². The Bertz CT molecular complexity index is 557. The molecule has 19 heavy (non-hydrogen) atoms. The second kappa shape index (κ2) is 5.61. The fourth-order valence-corrected chi connectivity index (χ4v) is 1.80. The number of aryl methyl sites for hydroxylation is 1. The van der Waals surface area contributed by atoms with Crippen molar-refractivity contribution in [1.29, 1.82) is 0 Å². The zero-order chi connectivity index (χ0) is 13.8. The van der Waals surface area contributed by atoms with E-state index in [1.54, 1.807) is 19.2 Å². The number of carbonyl (C=O) groups is 1. The number of hydrogen-bond acceptors (Lipinski definition) is 3. The molecule has 4 nitrogen and oxygen atoms in total. The Morgan fingerprint density at radius 1 is 1.21 bits per heavy atom. The predicted octanol–water partition coefficient (Wildman–Crippen LogP) is 3.09. The van der Waals surface area contributed by atoms with Gasteiger partial charge < -0.3 is 14.5 Å². The molecule has 2 rings (SSSR count). The number of nitrogens with one attached hydrogen (secondary N) is 1. The van der Waals surface area contributed by atoms with Gasteiger partial charge in [0, 0.05) is 0 Å². The first-order valence-corrected chi connectivity index (χ1v) is 6.11. The monoisotopic (exact) mass is 259 g/mol. The van der Waals surface area contributed by atoms with Crippen molar-refractivity contribution in [2.75, 3.05) is 7.11 Å². The topological polar surface area (TPSA) is 51.5 Å². The van der Waals surface area contributed by atoms with Crippen molar-refractivity contribution in [1.82, 2.24) is 5.32 Å². The van der Waals surface area contributed by atoms with Crippen LogP contribution in [-0.2, 0) is 0 Å². The number of benzene rings is 1. The summed E-state index contributed by atoms with van der Waals surface area (Å²) >= 11 is 0. The van der Waals surface area contributed by atoms with Crippen molar-refractivity contribution in [3.63, 3.8) is 0 Å². The lowest BCUT2D eigenvalue weighted by molar-refractivity contribution is 0.0910. The summed E-state index contributed by atoms with van der Waals surface area (Å²) in [5.41, 5.74) is 1.01. The van der Waals surface area contributed by atoms with E-state index in [-0.39, 0.29) is 11.9 Å². The summed E-state index contributed by atoms with van der Waals surface area (Å²) in [5, 5.41) is 2.89. The van der Waals surface area contributed by atoms with Gasteiger partial charge in [0.25, 0.3) is 5.91 Å². The van der Waals surface area contributed by atoms with E-state index in [9.17, 15) is 4.79 Å². The maximum atomic E-state index is 11.9. The summed E-state index contributed by atoms with van der Waals surface area (Å²) < 4.78 is 10.4. The third-order valence-corrected chi connectivity index (χ3v) is 2.93. The number of carbonyl (C=O) groups excluding carboxylic acids is 1. The summed E-state index contributed by atoms with van der Waals surface area (Å²) in [6.07, 6.45) is 0. The van der Waals surface area contributed by atoms with Crippen LogP contribution in [0.15, 0.2) is 40.8 Å². The SMILES string of the molecule is COc1ccc(C(C)NC(=O)c2ccc(C)o2)cc1. The van der Waals surface area contributed by atoms with Crippen molar-refractivity contribution in [3.8, 4) is 5.75 Å². The van der Waals surface area contributed by atoms with Crippen LogP contribution in [0.5, 0.6) is 5.75 Å². The minimum atomic E-state index is -0.212. The van der Waals surface area contributed by atoms with Gasteiger partial charge in [0.05, 0.1) is 13.2 Å². The Labute approximate surface area is 112 Å². The molecule has 0 bridgehead atoms. The first kappa shape index (κ1) is 13.2. The molecule has 1 atom stereocenters. The number of amides is 1. The minimum absolute atomic E-state index is 0.0937. The van der Waals surface area contributed by atoms with Crippen molar-refractivity contribution in [2.45, 2.75) is 19.9 Å². The van der Waals surface area contributed by atoms with E-state index < -0.39 is 0 Å². The molecule has 2 aromatic rings. The van der Waals surface area contributed by atoms with Gasteiger partial charge in [0.2, 0.25) is 0 Å². The lowest BCUT2D eigenvalue weighted by Gasteiger charge is -2.13. The van der Waals surface area contributed by atoms with Crippen molar-refractivity contribution in [2.24, 2.45) is 0 Å². The Morgan fingerprint density at radius 3 is 2.42 bits per heavy atom. The maximum Gasteiger partial charge on any atom is 0.287 e. The highest BCUT2D eigenvalue weighted by Crippen LogP contribution is 2.18. The average Bonchev–Trinajstić information content (AvgIpc) is 2.85. The van der Waals surface area contributed by atoms with Gasteiger partial charge in [-0.3, -0.25) is 4.79 Å². The van der Waals surface area contributed by atoms with Crippen molar-refractivity contribution in [3.05, 3.63) is 53.5 Å². The second-order valence-corrected chi connectivity index (χ2v) is 4.38. The smallest absolute Gasteiger partial charge is 0.287 e. The lowest BCUT2D eigenvalue weighted by Crippen LogP contribution is -2.26. The molecule has 0 fully saturated rings. The Morgan fingerprint density at radius 2 is 1.89 bits per heavy atom. The van der Waals surface area contributed by atoms with Gasteiger partial charge in [-0.1, -0.05) is 12.1 Å². The van der Waals surface area contributed by atoms with E-state index in [0.717, 1.165) is 17.1 Å². The molecule has 0 saturated carbocycles. The average molecular weight is 259 g/mol. The third kappa shape index (κ3) is 3.16. The largest absolute Gasteiger partial charge is 0.497 e. The van der Waals surface area contributed by atoms with Gasteiger partial charge >= 0.3 is 0 Å². The van der Waals surface area contributed by atoms with Crippen LogP contribution in [0.1, 0.15) is 34.8 Å². The highest BCUT2D eigenvalue weighted by atomic mass is 16.5. The van der Waals surface area contributed by atoms with Crippen LogP contribution < -0.4 is 10.1 Å². The molecule has 0 spiro atoms. The molecule has 0 aliphatic rings. The quantitative estimate of drug-likeness (QED) is 0.918. The normalized spacial score (nSPS) is 11.9. The van der Waals surface area contributed by atoms with Crippen LogP contribution in [0.3, 0.4) is 0 Å². The number of hydrogen-bond donors (Lipinski definition) is 1. The molecule has 1 heterocycles. The van der Waals surface area contributed by atoms with E-state index in [1.165, 1.54) is 0 Å². The molecular formula is C15H17NO3. The van der Waals surface area contributed by atoms with E-state index in [0.29, 0.717) is 5.76 Å². The first-order chi connectivity index (χ1) is 9.10. The fourth-order valence-electron chi connectivity index (χ4n) is 1.80. The van der Waals surface area contributed by atoms with Crippen LogP contribution in [0, 0.1) is 6.92 Å². The Kier molecular flexibility index (Phi) is 3.90. The molecule has 100 valence electrons. The number of rotatable bonds is 4. The van der Waals surface area contributed by atoms with Crippen LogP contribution in [0.4, 0.5) is 0 Å². The standard InChI is InChI=1S/C15H17NO3/c1-10-4-9-14(19-10)15(17)16-11(2)12-5-7-13(18-3)8-6-12/h4-9,11H,1-3H3,(H,16,17). The van der Waals surface area contributed by atoms with Crippen LogP contribution in [0.25, 0.3) is 0 Å². The molecule has 0 aliphatic carbocycles. The lowest BCUT2D eigenvalue weighted by atomic mass is 10.1. The molecule has 1 amide bonds. The summed E-state index contributed by atoms with van der Waals surface area (Å²) in [7, 11) is 1.62. The first-order valence-electron chi connectivity index (χ1n) is 6.11. The Balaban J connectivity index is 2.03. The van der Waals surface area contributed by atoms with Gasteiger partial charge in [-0.15, -0.1) is 0 Å². The van der Waals surface area contributed by atoms with Crippen molar-refractivity contribution < 1.29 is 13.9 Å². The van der Waals surface area contributed by atoms with Gasteiger partial charge in [0.1, 0.15) is 11.5 Å². The maximum absolute atomic E-state index is 11.9. The van der Waals surface area contributed by atoms with Crippen LogP contribution >= 0.6 is 0 Å². The number of methoxy groups -OCH3 is 1. The molecule has 0 radical (unpaired) electrons. The molecule has 1 aromatic carbocycles. The van der Waals surface area contributed by atoms with E-state index >= 15 is 0 Å². The Hall–Kier alpha value is -2.23. The van der Waals surface area contributed by atoms with E-state index in [4.69, 9.17) is 9.15 Å². The zero-order valence-electron chi connectivity index (χ0n) is 11.3. The summed E-state index contributed by atoms with van der Waals surface area (Å²) in [6, 6.07) is 10.9. The number of furan rings is 1. The minimum Gasteiger partial charge on any atom is -0.497 e. The molecule has 4 heteroatoms. The molecule has 1 unspecified atom stereocenters. The highest BCUT2D eigenvalue weighted by Gasteiger charge is 2.14. The summed E-state index contributed by atoms with van der Waals surface area (Å²) in [4.78, 5) is 11.9. The molecule has 1 aromatic heterocycles. The van der Waals surface area contributed by atoms with Gasteiger partial charge in [-0.2, -0.15) is 0 Å². The number of ether oxygens (including phenoxy) is 1. The van der Waals surface area contributed by atoms with Gasteiger partial charge in [0.15, 0.2) is 5.76 Å². The summed E-state index contributed by atoms with van der Waals surface area (Å²) in [5.74, 6) is 1.64. The summed E-state index contributed by atoms with van der Waals surface area (Å²) in [6.45, 7) is 3.74. The molecular weight excluding hydrogens is 242 g/mol.